The van der Waals surface area contributed by atoms with Crippen LogP contribution in [0.4, 0.5) is 0 Å². The Hall–Kier alpha value is -2.01. The van der Waals surface area contributed by atoms with E-state index >= 15 is 0 Å². The van der Waals surface area contributed by atoms with Gasteiger partial charge in [0.1, 0.15) is 0 Å². The second-order valence-electron chi connectivity index (χ2n) is 3.35. The quantitative estimate of drug-likeness (QED) is 0.833. The molecule has 0 radical (unpaired) electrons. The minimum atomic E-state index is -1.10. The number of hydrogen-bond donors (Lipinski definition) is 1. The second kappa shape index (κ2) is 4.10. The van der Waals surface area contributed by atoms with Crippen molar-refractivity contribution in [3.05, 3.63) is 35.5 Å². The van der Waals surface area contributed by atoms with Crippen LogP contribution >= 0.6 is 11.8 Å². The number of hydrogen-bond acceptors (Lipinski definition) is 3. The van der Waals surface area contributed by atoms with Gasteiger partial charge in [0.05, 0.1) is 23.8 Å². The predicted molar refractivity (Wildman–Crippen MR) is 61.5 cm³/mol. The first-order valence-electron chi connectivity index (χ1n) is 4.68. The third kappa shape index (κ3) is 1.74. The molecule has 88 valence electrons. The van der Waals surface area contributed by atoms with E-state index in [-0.39, 0.29) is 16.6 Å². The predicted octanol–water partition coefficient (Wildman–Crippen LogP) is 2.13. The highest BCUT2D eigenvalue weighted by atomic mass is 35.5. The Morgan fingerprint density at radius 1 is 1.29 bits per heavy atom. The maximum Gasteiger partial charge on any atom is 0.338 e. The standard InChI is InChI=1S/C11H8ClNO4/c1-17-11(16)7-2-3-8(10(14)15)9-6(7)4-5-13(9)12/h2-5H,1H3,(H,14,15). The van der Waals surface area contributed by atoms with E-state index in [9.17, 15) is 9.59 Å². The molecule has 0 atom stereocenters. The first-order chi connectivity index (χ1) is 8.06. The minimum Gasteiger partial charge on any atom is -0.478 e. The van der Waals surface area contributed by atoms with Gasteiger partial charge in [-0.1, -0.05) is 0 Å². The molecule has 0 saturated carbocycles. The smallest absolute Gasteiger partial charge is 0.338 e. The molecule has 1 heterocycles. The van der Waals surface area contributed by atoms with Gasteiger partial charge in [0.2, 0.25) is 0 Å². The van der Waals surface area contributed by atoms with E-state index < -0.39 is 11.9 Å². The molecule has 0 aliphatic carbocycles. The SMILES string of the molecule is COC(=O)c1ccc(C(=O)O)c2c1ccn2Cl. The molecular weight excluding hydrogens is 246 g/mol. The number of methoxy groups -OCH3 is 1. The second-order valence-corrected chi connectivity index (χ2v) is 3.71. The lowest BCUT2D eigenvalue weighted by Gasteiger charge is -2.04. The molecule has 0 aliphatic rings. The Morgan fingerprint density at radius 2 is 1.94 bits per heavy atom. The maximum atomic E-state index is 11.5. The van der Waals surface area contributed by atoms with Crippen LogP contribution in [0.5, 0.6) is 0 Å². The molecule has 2 aromatic rings. The third-order valence-corrected chi connectivity index (χ3v) is 2.72. The van der Waals surface area contributed by atoms with Crippen LogP contribution in [-0.2, 0) is 4.74 Å². The number of benzene rings is 1. The van der Waals surface area contributed by atoms with Crippen LogP contribution in [0.1, 0.15) is 20.7 Å². The summed E-state index contributed by atoms with van der Waals surface area (Å²) in [6.07, 6.45) is 1.48. The van der Waals surface area contributed by atoms with Crippen molar-refractivity contribution in [2.75, 3.05) is 7.11 Å². The summed E-state index contributed by atoms with van der Waals surface area (Å²) < 4.78 is 5.76. The highest BCUT2D eigenvalue weighted by Crippen LogP contribution is 2.25. The average molecular weight is 254 g/mol. The number of carboxylic acid groups (broad SMARTS) is 1. The summed E-state index contributed by atoms with van der Waals surface area (Å²) in [6, 6.07) is 4.31. The zero-order valence-electron chi connectivity index (χ0n) is 8.81. The minimum absolute atomic E-state index is 0.0349. The number of rotatable bonds is 2. The Bertz CT molecular complexity index is 617. The van der Waals surface area contributed by atoms with E-state index in [1.807, 2.05) is 0 Å². The number of carbonyl (C=O) groups excluding carboxylic acids is 1. The largest absolute Gasteiger partial charge is 0.478 e. The van der Waals surface area contributed by atoms with E-state index in [0.717, 1.165) is 4.09 Å². The van der Waals surface area contributed by atoms with Gasteiger partial charge >= 0.3 is 11.9 Å². The van der Waals surface area contributed by atoms with Crippen LogP contribution in [0.15, 0.2) is 24.4 Å². The van der Waals surface area contributed by atoms with E-state index in [1.165, 1.54) is 25.4 Å². The molecule has 1 aromatic heterocycles. The van der Waals surface area contributed by atoms with Gasteiger partial charge < -0.3 is 9.84 Å². The Kier molecular flexibility index (Phi) is 2.77. The normalized spacial score (nSPS) is 10.5. The van der Waals surface area contributed by atoms with Crippen molar-refractivity contribution in [1.29, 1.82) is 0 Å². The number of nitrogens with zero attached hydrogens (tertiary/aromatic N) is 1. The molecule has 5 nitrogen and oxygen atoms in total. The number of carbonyl (C=O) groups is 2. The molecule has 2 rings (SSSR count). The number of aromatic nitrogens is 1. The maximum absolute atomic E-state index is 11.5. The monoisotopic (exact) mass is 253 g/mol. The van der Waals surface area contributed by atoms with Crippen molar-refractivity contribution in [2.24, 2.45) is 0 Å². The molecule has 1 aromatic carbocycles. The first-order valence-corrected chi connectivity index (χ1v) is 5.02. The molecule has 6 heteroatoms. The molecule has 0 bridgehead atoms. The molecule has 0 fully saturated rings. The third-order valence-electron chi connectivity index (χ3n) is 2.44. The van der Waals surface area contributed by atoms with E-state index in [0.29, 0.717) is 5.39 Å². The molecule has 17 heavy (non-hydrogen) atoms. The van der Waals surface area contributed by atoms with Crippen molar-refractivity contribution >= 4 is 34.6 Å². The van der Waals surface area contributed by atoms with Gasteiger partial charge in [-0.25, -0.2) is 9.59 Å². The lowest BCUT2D eigenvalue weighted by Crippen LogP contribution is -2.05. The van der Waals surface area contributed by atoms with E-state index in [4.69, 9.17) is 16.9 Å². The molecule has 0 aliphatic heterocycles. The summed E-state index contributed by atoms with van der Waals surface area (Å²) in [6.45, 7) is 0. The summed E-state index contributed by atoms with van der Waals surface area (Å²) in [5.74, 6) is -1.64. The fourth-order valence-electron chi connectivity index (χ4n) is 1.68. The summed E-state index contributed by atoms with van der Waals surface area (Å²) in [4.78, 5) is 22.5. The van der Waals surface area contributed by atoms with Crippen LogP contribution in [0.25, 0.3) is 10.9 Å². The fourth-order valence-corrected chi connectivity index (χ4v) is 1.92. The van der Waals surface area contributed by atoms with Crippen molar-refractivity contribution in [1.82, 2.24) is 4.09 Å². The summed E-state index contributed by atoms with van der Waals surface area (Å²) in [5.41, 5.74) is 0.599. The van der Waals surface area contributed by atoms with E-state index in [2.05, 4.69) is 4.74 Å². The van der Waals surface area contributed by atoms with Crippen LogP contribution in [0.2, 0.25) is 0 Å². The van der Waals surface area contributed by atoms with Gasteiger partial charge in [0.25, 0.3) is 0 Å². The summed E-state index contributed by atoms with van der Waals surface area (Å²) in [5, 5.41) is 9.47. The van der Waals surface area contributed by atoms with Gasteiger partial charge in [-0.05, 0) is 18.2 Å². The number of esters is 1. The zero-order valence-corrected chi connectivity index (χ0v) is 9.56. The van der Waals surface area contributed by atoms with Gasteiger partial charge in [-0.15, -0.1) is 0 Å². The number of fused-ring (bicyclic) bond motifs is 1. The number of carboxylic acids is 1. The topological polar surface area (TPSA) is 68.5 Å². The molecule has 0 amide bonds. The molecule has 0 spiro atoms. The van der Waals surface area contributed by atoms with Gasteiger partial charge in [0.15, 0.2) is 0 Å². The zero-order chi connectivity index (χ0) is 12.6. The lowest BCUT2D eigenvalue weighted by atomic mass is 10.1. The van der Waals surface area contributed by atoms with Crippen molar-refractivity contribution < 1.29 is 19.4 Å². The molecule has 1 N–H and O–H groups in total. The van der Waals surface area contributed by atoms with Crippen LogP contribution in [0, 0.1) is 0 Å². The Labute approximate surface area is 101 Å². The molecule has 0 saturated heterocycles. The highest BCUT2D eigenvalue weighted by Gasteiger charge is 2.18. The Morgan fingerprint density at radius 3 is 2.53 bits per heavy atom. The van der Waals surface area contributed by atoms with Gasteiger partial charge in [-0.3, -0.25) is 4.09 Å². The summed E-state index contributed by atoms with van der Waals surface area (Å²) >= 11 is 5.84. The van der Waals surface area contributed by atoms with Gasteiger partial charge in [0, 0.05) is 23.4 Å². The first kappa shape index (κ1) is 11.5. The van der Waals surface area contributed by atoms with Crippen molar-refractivity contribution in [3.8, 4) is 0 Å². The highest BCUT2D eigenvalue weighted by molar-refractivity contribution is 6.22. The number of ether oxygens (including phenoxy) is 1. The van der Waals surface area contributed by atoms with Crippen molar-refractivity contribution in [2.45, 2.75) is 0 Å². The fraction of sp³-hybridized carbons (Fsp3) is 0.0909. The molecule has 0 unspecified atom stereocenters. The van der Waals surface area contributed by atoms with Crippen LogP contribution in [0.3, 0.4) is 0 Å². The molecular formula is C11H8ClNO4. The van der Waals surface area contributed by atoms with E-state index in [1.54, 1.807) is 6.07 Å². The van der Waals surface area contributed by atoms with Crippen LogP contribution in [-0.4, -0.2) is 28.2 Å². The summed E-state index contributed by atoms with van der Waals surface area (Å²) in [7, 11) is 1.26. The number of aromatic carboxylic acids is 1. The number of halogens is 1. The average Bonchev–Trinajstić information content (AvgIpc) is 2.70. The van der Waals surface area contributed by atoms with Crippen LogP contribution < -0.4 is 0 Å². The lowest BCUT2D eigenvalue weighted by molar-refractivity contribution is 0.0601. The Balaban J connectivity index is 2.81. The van der Waals surface area contributed by atoms with Gasteiger partial charge in [-0.2, -0.15) is 0 Å². The van der Waals surface area contributed by atoms with Crippen molar-refractivity contribution in [3.63, 3.8) is 0 Å².